The van der Waals surface area contributed by atoms with Gasteiger partial charge in [0.1, 0.15) is 5.75 Å². The average Bonchev–Trinajstić information content (AvgIpc) is 3.19. The van der Waals surface area contributed by atoms with Crippen LogP contribution in [0.4, 0.5) is 0 Å². The molecular formula is C23H27NO2. The zero-order valence-corrected chi connectivity index (χ0v) is 15.2. The van der Waals surface area contributed by atoms with Crippen molar-refractivity contribution in [3.63, 3.8) is 0 Å². The second kappa shape index (κ2) is 7.94. The number of ether oxygens (including phenoxy) is 1. The molecule has 3 nitrogen and oxygen atoms in total. The molecule has 1 saturated carbocycles. The Hall–Kier alpha value is -2.29. The maximum Gasteiger partial charge on any atom is 0.221 e. The van der Waals surface area contributed by atoms with Crippen LogP contribution in [0.1, 0.15) is 61.3 Å². The zero-order valence-electron chi connectivity index (χ0n) is 15.2. The van der Waals surface area contributed by atoms with E-state index in [9.17, 15) is 4.79 Å². The van der Waals surface area contributed by atoms with Crippen molar-refractivity contribution in [2.45, 2.75) is 51.0 Å². The van der Waals surface area contributed by atoms with E-state index in [1.165, 1.54) is 31.2 Å². The number of carbonyl (C=O) groups excluding carboxylic acids is 1. The summed E-state index contributed by atoms with van der Waals surface area (Å²) >= 11 is 0. The van der Waals surface area contributed by atoms with Crippen LogP contribution in [0.2, 0.25) is 0 Å². The van der Waals surface area contributed by atoms with Crippen molar-refractivity contribution < 1.29 is 9.53 Å². The summed E-state index contributed by atoms with van der Waals surface area (Å²) in [5.74, 6) is 1.71. The first-order chi connectivity index (χ1) is 12.8. The second-order valence-corrected chi connectivity index (χ2v) is 7.58. The molecule has 1 atom stereocenters. The fourth-order valence-corrected chi connectivity index (χ4v) is 4.26. The molecule has 26 heavy (non-hydrogen) atoms. The highest BCUT2D eigenvalue weighted by Gasteiger charge is 2.23. The molecule has 1 N–H and O–H groups in total. The van der Waals surface area contributed by atoms with Crippen LogP contribution in [0.15, 0.2) is 48.5 Å². The Morgan fingerprint density at radius 1 is 1.04 bits per heavy atom. The van der Waals surface area contributed by atoms with Gasteiger partial charge in [-0.3, -0.25) is 4.79 Å². The number of amides is 1. The van der Waals surface area contributed by atoms with E-state index in [2.05, 4.69) is 35.6 Å². The fourth-order valence-electron chi connectivity index (χ4n) is 4.26. The summed E-state index contributed by atoms with van der Waals surface area (Å²) in [6.07, 6.45) is 7.67. The Kier molecular flexibility index (Phi) is 5.24. The van der Waals surface area contributed by atoms with Crippen molar-refractivity contribution >= 4 is 5.91 Å². The summed E-state index contributed by atoms with van der Waals surface area (Å²) in [7, 11) is 0. The van der Waals surface area contributed by atoms with Crippen molar-refractivity contribution in [2.24, 2.45) is 5.92 Å². The number of rotatable bonds is 5. The normalized spacial score (nSPS) is 18.0. The Bertz CT molecular complexity index is 750. The van der Waals surface area contributed by atoms with Gasteiger partial charge in [0.15, 0.2) is 0 Å². The van der Waals surface area contributed by atoms with Gasteiger partial charge in [0.05, 0.1) is 12.6 Å². The van der Waals surface area contributed by atoms with Crippen LogP contribution in [0.5, 0.6) is 5.75 Å². The van der Waals surface area contributed by atoms with Gasteiger partial charge in [0, 0.05) is 6.42 Å². The van der Waals surface area contributed by atoms with Crippen LogP contribution < -0.4 is 10.1 Å². The zero-order chi connectivity index (χ0) is 17.8. The van der Waals surface area contributed by atoms with E-state index in [4.69, 9.17) is 4.74 Å². The van der Waals surface area contributed by atoms with Crippen molar-refractivity contribution in [3.05, 3.63) is 65.2 Å². The molecule has 1 amide bonds. The molecule has 1 aliphatic heterocycles. The van der Waals surface area contributed by atoms with Crippen molar-refractivity contribution in [2.75, 3.05) is 6.61 Å². The molecule has 0 radical (unpaired) electrons. The standard InChI is InChI=1S/C23H27NO2/c25-22(15-17-7-4-5-8-17)24-23(18-9-2-1-3-10-18)20-12-13-21-19(16-20)11-6-14-26-21/h1-3,9-10,12-13,16-17,23H,4-8,11,14-15H2,(H,24,25). The SMILES string of the molecule is O=C(CC1CCCC1)NC(c1ccccc1)c1ccc2c(c1)CCCO2. The molecule has 0 aromatic heterocycles. The molecule has 0 saturated heterocycles. The van der Waals surface area contributed by atoms with Gasteiger partial charge in [0.2, 0.25) is 5.91 Å². The van der Waals surface area contributed by atoms with Gasteiger partial charge in [-0.1, -0.05) is 49.2 Å². The van der Waals surface area contributed by atoms with Gasteiger partial charge in [-0.15, -0.1) is 0 Å². The number of fused-ring (bicyclic) bond motifs is 1. The van der Waals surface area contributed by atoms with Gasteiger partial charge in [-0.2, -0.15) is 0 Å². The molecule has 2 aliphatic rings. The third-order valence-corrected chi connectivity index (χ3v) is 5.65. The lowest BCUT2D eigenvalue weighted by atomic mass is 9.94. The highest BCUT2D eigenvalue weighted by atomic mass is 16.5. The molecule has 1 fully saturated rings. The third-order valence-electron chi connectivity index (χ3n) is 5.65. The summed E-state index contributed by atoms with van der Waals surface area (Å²) in [5, 5.41) is 3.30. The number of benzene rings is 2. The predicted octanol–water partition coefficient (Wildman–Crippen LogP) is 4.80. The van der Waals surface area contributed by atoms with Crippen LogP contribution in [-0.2, 0) is 11.2 Å². The summed E-state index contributed by atoms with van der Waals surface area (Å²) in [6, 6.07) is 16.5. The van der Waals surface area contributed by atoms with Crippen LogP contribution >= 0.6 is 0 Å². The van der Waals surface area contributed by atoms with E-state index in [-0.39, 0.29) is 11.9 Å². The number of hydrogen-bond donors (Lipinski definition) is 1. The molecule has 4 rings (SSSR count). The molecule has 136 valence electrons. The van der Waals surface area contributed by atoms with Gasteiger partial charge >= 0.3 is 0 Å². The Morgan fingerprint density at radius 2 is 1.85 bits per heavy atom. The predicted molar refractivity (Wildman–Crippen MR) is 103 cm³/mol. The minimum absolute atomic E-state index is 0.0997. The van der Waals surface area contributed by atoms with Gasteiger partial charge in [0.25, 0.3) is 0 Å². The maximum absolute atomic E-state index is 12.7. The van der Waals surface area contributed by atoms with Crippen LogP contribution in [0, 0.1) is 5.92 Å². The minimum Gasteiger partial charge on any atom is -0.493 e. The lowest BCUT2D eigenvalue weighted by Crippen LogP contribution is -2.30. The topological polar surface area (TPSA) is 38.3 Å². The number of nitrogens with one attached hydrogen (secondary N) is 1. The first-order valence-electron chi connectivity index (χ1n) is 9.89. The van der Waals surface area contributed by atoms with E-state index < -0.39 is 0 Å². The van der Waals surface area contributed by atoms with Crippen LogP contribution in [0.3, 0.4) is 0 Å². The van der Waals surface area contributed by atoms with Crippen LogP contribution in [0.25, 0.3) is 0 Å². The highest BCUT2D eigenvalue weighted by Crippen LogP contribution is 2.31. The largest absolute Gasteiger partial charge is 0.493 e. The maximum atomic E-state index is 12.7. The molecule has 0 spiro atoms. The Labute approximate surface area is 155 Å². The number of hydrogen-bond acceptors (Lipinski definition) is 2. The minimum atomic E-state index is -0.0997. The molecule has 0 bridgehead atoms. The van der Waals surface area contributed by atoms with Crippen molar-refractivity contribution in [1.29, 1.82) is 0 Å². The smallest absolute Gasteiger partial charge is 0.221 e. The summed E-state index contributed by atoms with van der Waals surface area (Å²) < 4.78 is 5.75. The van der Waals surface area contributed by atoms with Crippen molar-refractivity contribution in [3.8, 4) is 5.75 Å². The quantitative estimate of drug-likeness (QED) is 0.842. The Balaban J connectivity index is 1.57. The molecule has 1 aliphatic carbocycles. The highest BCUT2D eigenvalue weighted by molar-refractivity contribution is 5.77. The monoisotopic (exact) mass is 349 g/mol. The van der Waals surface area contributed by atoms with E-state index in [1.807, 2.05) is 18.2 Å². The summed E-state index contributed by atoms with van der Waals surface area (Å²) in [6.45, 7) is 0.798. The second-order valence-electron chi connectivity index (χ2n) is 7.58. The molecular weight excluding hydrogens is 322 g/mol. The van der Waals surface area contributed by atoms with E-state index in [1.54, 1.807) is 0 Å². The molecule has 2 aromatic carbocycles. The van der Waals surface area contributed by atoms with E-state index >= 15 is 0 Å². The van der Waals surface area contributed by atoms with Gasteiger partial charge in [-0.25, -0.2) is 0 Å². The van der Waals surface area contributed by atoms with E-state index in [0.29, 0.717) is 12.3 Å². The third kappa shape index (κ3) is 3.92. The van der Waals surface area contributed by atoms with Gasteiger partial charge in [-0.05, 0) is 60.4 Å². The fraction of sp³-hybridized carbons (Fsp3) is 0.435. The summed E-state index contributed by atoms with van der Waals surface area (Å²) in [5.41, 5.74) is 3.52. The molecule has 1 heterocycles. The average molecular weight is 349 g/mol. The number of aryl methyl sites for hydroxylation is 1. The Morgan fingerprint density at radius 3 is 2.65 bits per heavy atom. The van der Waals surface area contributed by atoms with Crippen LogP contribution in [-0.4, -0.2) is 12.5 Å². The van der Waals surface area contributed by atoms with Gasteiger partial charge < -0.3 is 10.1 Å². The molecule has 1 unspecified atom stereocenters. The lowest BCUT2D eigenvalue weighted by molar-refractivity contribution is -0.122. The molecule has 3 heteroatoms. The first kappa shape index (κ1) is 17.1. The van der Waals surface area contributed by atoms with Crippen molar-refractivity contribution in [1.82, 2.24) is 5.32 Å². The summed E-state index contributed by atoms with van der Waals surface area (Å²) in [4.78, 5) is 12.7. The first-order valence-corrected chi connectivity index (χ1v) is 9.89. The van der Waals surface area contributed by atoms with E-state index in [0.717, 1.165) is 36.3 Å². The number of carbonyl (C=O) groups is 1. The molecule has 2 aromatic rings. The lowest BCUT2D eigenvalue weighted by Gasteiger charge is -2.24.